The zero-order valence-electron chi connectivity index (χ0n) is 11.2. The third-order valence-electron chi connectivity index (χ3n) is 2.92. The van der Waals surface area contributed by atoms with Crippen LogP contribution in [0.25, 0.3) is 0 Å². The van der Waals surface area contributed by atoms with E-state index in [0.717, 1.165) is 16.7 Å². The summed E-state index contributed by atoms with van der Waals surface area (Å²) in [6.45, 7) is 3.68. The summed E-state index contributed by atoms with van der Waals surface area (Å²) in [6, 6.07) is 10.4. The smallest absolute Gasteiger partial charge is 0.311 e. The Hall–Kier alpha value is -2.07. The van der Waals surface area contributed by atoms with Gasteiger partial charge in [0.15, 0.2) is 0 Å². The first kappa shape index (κ1) is 14.3. The summed E-state index contributed by atoms with van der Waals surface area (Å²) >= 11 is 5.77. The summed E-state index contributed by atoms with van der Waals surface area (Å²) in [7, 11) is 0. The molecule has 20 heavy (non-hydrogen) atoms. The van der Waals surface area contributed by atoms with Crippen molar-refractivity contribution in [1.82, 2.24) is 0 Å². The molecule has 5 heteroatoms. The van der Waals surface area contributed by atoms with E-state index in [2.05, 4.69) is 0 Å². The maximum Gasteiger partial charge on any atom is 0.311 e. The van der Waals surface area contributed by atoms with Crippen molar-refractivity contribution in [3.63, 3.8) is 0 Å². The first-order valence-electron chi connectivity index (χ1n) is 6.09. The van der Waals surface area contributed by atoms with Crippen molar-refractivity contribution in [2.75, 3.05) is 0 Å². The molecule has 0 heterocycles. The molecule has 0 bridgehead atoms. The third kappa shape index (κ3) is 3.08. The highest BCUT2D eigenvalue weighted by molar-refractivity contribution is 6.17. The van der Waals surface area contributed by atoms with Crippen LogP contribution in [0.1, 0.15) is 16.7 Å². The largest absolute Gasteiger partial charge is 0.450 e. The molecular weight excluding hydrogens is 278 g/mol. The molecule has 0 aliphatic heterocycles. The van der Waals surface area contributed by atoms with E-state index < -0.39 is 4.92 Å². The molecular formula is C15H14ClNO3. The summed E-state index contributed by atoms with van der Waals surface area (Å²) in [5, 5.41) is 11.1. The van der Waals surface area contributed by atoms with E-state index >= 15 is 0 Å². The molecule has 4 nitrogen and oxygen atoms in total. The number of halogens is 1. The van der Waals surface area contributed by atoms with E-state index in [0.29, 0.717) is 11.6 Å². The fourth-order valence-electron chi connectivity index (χ4n) is 1.88. The maximum absolute atomic E-state index is 11.1. The monoisotopic (exact) mass is 291 g/mol. The summed E-state index contributed by atoms with van der Waals surface area (Å²) in [6.07, 6.45) is 0. The van der Waals surface area contributed by atoms with Gasteiger partial charge >= 0.3 is 5.69 Å². The Morgan fingerprint density at radius 1 is 1.15 bits per heavy atom. The van der Waals surface area contributed by atoms with Crippen molar-refractivity contribution in [2.24, 2.45) is 0 Å². The van der Waals surface area contributed by atoms with Crippen molar-refractivity contribution >= 4 is 17.3 Å². The number of rotatable bonds is 4. The molecule has 0 aliphatic carbocycles. The standard InChI is InChI=1S/C15H14ClNO3/c1-10-3-5-15(13(7-10)17(18)19)20-14-6-4-12(9-16)8-11(14)2/h3-8H,9H2,1-2H3. The van der Waals surface area contributed by atoms with Crippen LogP contribution in [-0.2, 0) is 5.88 Å². The molecule has 0 N–H and O–H groups in total. The van der Waals surface area contributed by atoms with E-state index in [9.17, 15) is 10.1 Å². The van der Waals surface area contributed by atoms with Crippen LogP contribution in [0.4, 0.5) is 5.69 Å². The minimum Gasteiger partial charge on any atom is -0.450 e. The van der Waals surface area contributed by atoms with Crippen LogP contribution >= 0.6 is 11.6 Å². The van der Waals surface area contributed by atoms with Gasteiger partial charge in [-0.15, -0.1) is 11.6 Å². The lowest BCUT2D eigenvalue weighted by Gasteiger charge is -2.10. The van der Waals surface area contributed by atoms with Crippen LogP contribution in [-0.4, -0.2) is 4.92 Å². The highest BCUT2D eigenvalue weighted by Gasteiger charge is 2.16. The molecule has 0 amide bonds. The SMILES string of the molecule is Cc1ccc(Oc2ccc(CCl)cc2C)c([N+](=O)[O-])c1. The van der Waals surface area contributed by atoms with Gasteiger partial charge in [-0.1, -0.05) is 18.2 Å². The molecule has 0 saturated heterocycles. The van der Waals surface area contributed by atoms with Crippen LogP contribution in [0.2, 0.25) is 0 Å². The Morgan fingerprint density at radius 2 is 1.85 bits per heavy atom. The number of aryl methyl sites for hydroxylation is 2. The van der Waals surface area contributed by atoms with E-state index in [4.69, 9.17) is 16.3 Å². The van der Waals surface area contributed by atoms with Gasteiger partial charge in [0, 0.05) is 11.9 Å². The fourth-order valence-corrected chi connectivity index (χ4v) is 2.05. The Bertz CT molecular complexity index is 656. The maximum atomic E-state index is 11.1. The lowest BCUT2D eigenvalue weighted by molar-refractivity contribution is -0.385. The molecule has 104 valence electrons. The first-order chi connectivity index (χ1) is 9.51. The van der Waals surface area contributed by atoms with Crippen molar-refractivity contribution in [1.29, 1.82) is 0 Å². The third-order valence-corrected chi connectivity index (χ3v) is 3.23. The predicted molar refractivity (Wildman–Crippen MR) is 78.6 cm³/mol. The quantitative estimate of drug-likeness (QED) is 0.464. The molecule has 0 fully saturated rings. The van der Waals surface area contributed by atoms with Gasteiger partial charge in [-0.2, -0.15) is 0 Å². The number of ether oxygens (including phenoxy) is 1. The van der Waals surface area contributed by atoms with Crippen LogP contribution in [0.3, 0.4) is 0 Å². The molecule has 0 saturated carbocycles. The predicted octanol–water partition coefficient (Wildman–Crippen LogP) is 4.74. The molecule has 0 aliphatic rings. The van der Waals surface area contributed by atoms with E-state index in [1.165, 1.54) is 6.07 Å². The van der Waals surface area contributed by atoms with Crippen molar-refractivity contribution < 1.29 is 9.66 Å². The Kier molecular flexibility index (Phi) is 4.25. The fraction of sp³-hybridized carbons (Fsp3) is 0.200. The Morgan fingerprint density at radius 3 is 2.45 bits per heavy atom. The summed E-state index contributed by atoms with van der Waals surface area (Å²) < 4.78 is 5.67. The van der Waals surface area contributed by atoms with Crippen LogP contribution < -0.4 is 4.74 Å². The number of alkyl halides is 1. The van der Waals surface area contributed by atoms with Gasteiger partial charge in [0.1, 0.15) is 5.75 Å². The van der Waals surface area contributed by atoms with Crippen molar-refractivity contribution in [3.05, 3.63) is 63.2 Å². The molecule has 0 spiro atoms. The van der Waals surface area contributed by atoms with Gasteiger partial charge in [0.2, 0.25) is 5.75 Å². The summed E-state index contributed by atoms with van der Waals surface area (Å²) in [4.78, 5) is 10.6. The summed E-state index contributed by atoms with van der Waals surface area (Å²) in [5.41, 5.74) is 2.65. The van der Waals surface area contributed by atoms with Gasteiger partial charge in [0.05, 0.1) is 4.92 Å². The van der Waals surface area contributed by atoms with Crippen LogP contribution in [0.15, 0.2) is 36.4 Å². The molecule has 0 radical (unpaired) electrons. The molecule has 0 unspecified atom stereocenters. The molecule has 2 aromatic rings. The topological polar surface area (TPSA) is 52.4 Å². The second-order valence-electron chi connectivity index (χ2n) is 4.56. The van der Waals surface area contributed by atoms with E-state index in [1.807, 2.05) is 19.1 Å². The van der Waals surface area contributed by atoms with Gasteiger partial charge in [-0.3, -0.25) is 10.1 Å². The molecule has 2 rings (SSSR count). The Labute approximate surface area is 122 Å². The molecule has 0 atom stereocenters. The van der Waals surface area contributed by atoms with Crippen LogP contribution in [0, 0.1) is 24.0 Å². The van der Waals surface area contributed by atoms with Gasteiger partial charge < -0.3 is 4.74 Å². The van der Waals surface area contributed by atoms with Gasteiger partial charge in [0.25, 0.3) is 0 Å². The number of hydrogen-bond donors (Lipinski definition) is 0. The van der Waals surface area contributed by atoms with Crippen molar-refractivity contribution in [3.8, 4) is 11.5 Å². The number of nitrogens with zero attached hydrogens (tertiary/aromatic N) is 1. The van der Waals surface area contributed by atoms with Crippen LogP contribution in [0.5, 0.6) is 11.5 Å². The second kappa shape index (κ2) is 5.92. The van der Waals surface area contributed by atoms with Gasteiger partial charge in [-0.05, 0) is 42.7 Å². The zero-order valence-corrected chi connectivity index (χ0v) is 12.0. The molecule has 0 aromatic heterocycles. The number of nitro groups is 1. The zero-order chi connectivity index (χ0) is 14.7. The lowest BCUT2D eigenvalue weighted by atomic mass is 10.1. The number of hydrogen-bond acceptors (Lipinski definition) is 3. The molecule has 2 aromatic carbocycles. The minimum atomic E-state index is -0.440. The van der Waals surface area contributed by atoms with Crippen molar-refractivity contribution in [2.45, 2.75) is 19.7 Å². The van der Waals surface area contributed by atoms with Gasteiger partial charge in [-0.25, -0.2) is 0 Å². The first-order valence-corrected chi connectivity index (χ1v) is 6.63. The normalized spacial score (nSPS) is 10.3. The highest BCUT2D eigenvalue weighted by atomic mass is 35.5. The van der Waals surface area contributed by atoms with E-state index in [-0.39, 0.29) is 11.4 Å². The minimum absolute atomic E-state index is 0.0363. The second-order valence-corrected chi connectivity index (χ2v) is 4.83. The number of benzene rings is 2. The Balaban J connectivity index is 2.37. The average molecular weight is 292 g/mol. The average Bonchev–Trinajstić information content (AvgIpc) is 2.42. The van der Waals surface area contributed by atoms with E-state index in [1.54, 1.807) is 25.1 Å². The lowest BCUT2D eigenvalue weighted by Crippen LogP contribution is -1.95. The number of nitro benzene ring substituents is 1. The highest BCUT2D eigenvalue weighted by Crippen LogP contribution is 2.33. The summed E-state index contributed by atoms with van der Waals surface area (Å²) in [5.74, 6) is 1.25.